The highest BCUT2D eigenvalue weighted by molar-refractivity contribution is 7.71. The molecule has 0 spiro atoms. The van der Waals surface area contributed by atoms with Crippen LogP contribution in [-0.2, 0) is 6.54 Å². The zero-order valence-electron chi connectivity index (χ0n) is 17.3. The van der Waals surface area contributed by atoms with Gasteiger partial charge in [-0.15, -0.1) is 0 Å². The number of aromatic hydroxyl groups is 1. The molecule has 2 heterocycles. The lowest BCUT2D eigenvalue weighted by Crippen LogP contribution is -2.35. The minimum atomic E-state index is -0.366. The molecular weight excluding hydrogens is 396 g/mol. The molecule has 7 heteroatoms. The first kappa shape index (κ1) is 21.0. The second-order valence-corrected chi connectivity index (χ2v) is 8.82. The molecule has 0 amide bonds. The topological polar surface area (TPSA) is 73.6 Å². The molecule has 0 atom stereocenters. The first-order valence-electron chi connectivity index (χ1n) is 11.0. The average Bonchev–Trinajstić information content (AvgIpc) is 2.76. The van der Waals surface area contributed by atoms with Gasteiger partial charge in [-0.1, -0.05) is 49.6 Å². The summed E-state index contributed by atoms with van der Waals surface area (Å²) in [5, 5.41) is 10.8. The lowest BCUT2D eigenvalue weighted by molar-refractivity contribution is 0.206. The summed E-state index contributed by atoms with van der Waals surface area (Å²) in [5.41, 5.74) is 1.18. The maximum Gasteiger partial charge on any atom is 0.264 e. The normalized spacial score (nSPS) is 19.5. The van der Waals surface area contributed by atoms with E-state index in [2.05, 4.69) is 39.1 Å². The average molecular weight is 427 g/mol. The van der Waals surface area contributed by atoms with Crippen LogP contribution in [0, 0.1) is 4.77 Å². The van der Waals surface area contributed by atoms with Crippen molar-refractivity contribution in [3.05, 3.63) is 56.6 Å². The second-order valence-electron chi connectivity index (χ2n) is 8.43. The van der Waals surface area contributed by atoms with Crippen LogP contribution in [0.4, 0.5) is 0 Å². The lowest BCUT2D eigenvalue weighted by atomic mass is 9.95. The summed E-state index contributed by atoms with van der Waals surface area (Å²) >= 11 is 5.34. The quantitative estimate of drug-likeness (QED) is 0.555. The molecular formula is C23H30N4O2S. The Kier molecular flexibility index (Phi) is 6.79. The predicted molar refractivity (Wildman–Crippen MR) is 122 cm³/mol. The monoisotopic (exact) mass is 426 g/mol. The molecule has 1 aromatic carbocycles. The van der Waals surface area contributed by atoms with Crippen LogP contribution in [0.3, 0.4) is 0 Å². The highest BCUT2D eigenvalue weighted by Crippen LogP contribution is 2.31. The van der Waals surface area contributed by atoms with E-state index >= 15 is 0 Å². The van der Waals surface area contributed by atoms with Gasteiger partial charge in [-0.25, -0.2) is 0 Å². The first-order valence-corrected chi connectivity index (χ1v) is 11.4. The fraction of sp³-hybridized carbons (Fsp3) is 0.522. The zero-order chi connectivity index (χ0) is 20.9. The standard InChI is InChI=1S/C23H30N4O2S/c28-21-20(22(29)27(23(30)25-21)19-9-5-2-6-10-19)15-24-18-11-13-26(14-12-18)16-17-7-3-1-4-8-17/h1,3-4,7-8,15,18-19,29H,2,5-6,9-14,16H2,(H,25,28,30). The molecule has 0 unspecified atom stereocenters. The summed E-state index contributed by atoms with van der Waals surface area (Å²) in [6, 6.07) is 10.8. The van der Waals surface area contributed by atoms with Gasteiger partial charge in [0, 0.05) is 31.9 Å². The molecule has 6 nitrogen and oxygen atoms in total. The molecule has 160 valence electrons. The van der Waals surface area contributed by atoms with Crippen molar-refractivity contribution < 1.29 is 5.11 Å². The minimum absolute atomic E-state index is 0.0408. The van der Waals surface area contributed by atoms with Crippen molar-refractivity contribution in [2.24, 2.45) is 4.99 Å². The molecule has 1 saturated heterocycles. The number of H-pyrrole nitrogens is 1. The SMILES string of the molecule is O=c1[nH]c(=S)n(C2CCCCC2)c(O)c1C=NC1CCN(Cc2ccccc2)CC1. The molecule has 2 fully saturated rings. The van der Waals surface area contributed by atoms with Crippen LogP contribution in [0.15, 0.2) is 40.1 Å². The van der Waals surface area contributed by atoms with Crippen LogP contribution in [0.25, 0.3) is 0 Å². The molecule has 2 aromatic rings. The van der Waals surface area contributed by atoms with Crippen LogP contribution in [-0.4, -0.2) is 44.9 Å². The minimum Gasteiger partial charge on any atom is -0.494 e. The summed E-state index contributed by atoms with van der Waals surface area (Å²) in [5.74, 6) is -0.0408. The fourth-order valence-corrected chi connectivity index (χ4v) is 4.92. The van der Waals surface area contributed by atoms with Crippen LogP contribution >= 0.6 is 12.2 Å². The Balaban J connectivity index is 1.43. The number of likely N-dealkylation sites (tertiary alicyclic amines) is 1. The van der Waals surface area contributed by atoms with Gasteiger partial charge in [0.1, 0.15) is 5.56 Å². The number of hydrogen-bond donors (Lipinski definition) is 2. The van der Waals surface area contributed by atoms with Gasteiger partial charge in [0.25, 0.3) is 5.56 Å². The van der Waals surface area contributed by atoms with Gasteiger partial charge < -0.3 is 5.11 Å². The lowest BCUT2D eigenvalue weighted by Gasteiger charge is -2.30. The third-order valence-electron chi connectivity index (χ3n) is 6.31. The van der Waals surface area contributed by atoms with Gasteiger partial charge in [-0.3, -0.25) is 24.2 Å². The van der Waals surface area contributed by atoms with E-state index in [4.69, 9.17) is 12.2 Å². The Hall–Kier alpha value is -2.25. The molecule has 2 aliphatic rings. The number of hydrogen-bond acceptors (Lipinski definition) is 5. The predicted octanol–water partition coefficient (Wildman–Crippen LogP) is 4.20. The van der Waals surface area contributed by atoms with Crippen molar-refractivity contribution in [3.63, 3.8) is 0 Å². The van der Waals surface area contributed by atoms with Crippen LogP contribution in [0.1, 0.15) is 62.1 Å². The smallest absolute Gasteiger partial charge is 0.264 e. The third kappa shape index (κ3) is 4.90. The van der Waals surface area contributed by atoms with E-state index in [0.717, 1.165) is 58.2 Å². The van der Waals surface area contributed by atoms with Crippen molar-refractivity contribution in [2.75, 3.05) is 13.1 Å². The molecule has 1 saturated carbocycles. The molecule has 1 aliphatic carbocycles. The van der Waals surface area contributed by atoms with Crippen molar-refractivity contribution in [2.45, 2.75) is 63.6 Å². The van der Waals surface area contributed by atoms with E-state index in [0.29, 0.717) is 4.77 Å². The van der Waals surface area contributed by atoms with Crippen LogP contribution in [0.5, 0.6) is 5.88 Å². The summed E-state index contributed by atoms with van der Waals surface area (Å²) in [6.07, 6.45) is 8.86. The Labute approximate surface area is 182 Å². The van der Waals surface area contributed by atoms with Crippen LogP contribution < -0.4 is 5.56 Å². The van der Waals surface area contributed by atoms with Gasteiger partial charge in [-0.2, -0.15) is 0 Å². The van der Waals surface area contributed by atoms with Gasteiger partial charge in [0.2, 0.25) is 5.88 Å². The summed E-state index contributed by atoms with van der Waals surface area (Å²) < 4.78 is 2.02. The van der Waals surface area contributed by atoms with E-state index in [1.165, 1.54) is 12.0 Å². The molecule has 30 heavy (non-hydrogen) atoms. The zero-order valence-corrected chi connectivity index (χ0v) is 18.1. The number of rotatable bonds is 5. The second kappa shape index (κ2) is 9.71. The van der Waals surface area contributed by atoms with Gasteiger partial charge in [0.15, 0.2) is 4.77 Å². The van der Waals surface area contributed by atoms with E-state index in [9.17, 15) is 9.90 Å². The van der Waals surface area contributed by atoms with E-state index in [-0.39, 0.29) is 29.1 Å². The molecule has 1 aromatic heterocycles. The number of nitrogens with zero attached hydrogens (tertiary/aromatic N) is 3. The summed E-state index contributed by atoms with van der Waals surface area (Å²) in [7, 11) is 0. The Morgan fingerprint density at radius 2 is 1.80 bits per heavy atom. The first-order chi connectivity index (χ1) is 14.6. The Morgan fingerprint density at radius 1 is 1.10 bits per heavy atom. The largest absolute Gasteiger partial charge is 0.494 e. The van der Waals surface area contributed by atoms with Crippen molar-refractivity contribution in [1.29, 1.82) is 0 Å². The Bertz CT molecular complexity index is 984. The molecule has 2 N–H and O–H groups in total. The van der Waals surface area contributed by atoms with E-state index in [1.54, 1.807) is 10.8 Å². The number of aliphatic imine (C=N–C) groups is 1. The molecule has 0 bridgehead atoms. The number of aromatic nitrogens is 2. The highest BCUT2D eigenvalue weighted by atomic mass is 32.1. The summed E-state index contributed by atoms with van der Waals surface area (Å²) in [4.78, 5) is 22.3. The molecule has 4 rings (SSSR count). The number of benzene rings is 1. The van der Waals surface area contributed by atoms with Gasteiger partial charge in [0.05, 0.1) is 6.04 Å². The van der Waals surface area contributed by atoms with Crippen molar-refractivity contribution in [3.8, 4) is 5.88 Å². The van der Waals surface area contributed by atoms with Crippen LogP contribution in [0.2, 0.25) is 0 Å². The molecule has 0 radical (unpaired) electrons. The number of piperidine rings is 1. The van der Waals surface area contributed by atoms with Crippen molar-refractivity contribution >= 4 is 18.4 Å². The highest BCUT2D eigenvalue weighted by Gasteiger charge is 2.22. The van der Waals surface area contributed by atoms with E-state index in [1.807, 2.05) is 6.07 Å². The third-order valence-corrected chi connectivity index (χ3v) is 6.61. The van der Waals surface area contributed by atoms with Crippen molar-refractivity contribution in [1.82, 2.24) is 14.5 Å². The van der Waals surface area contributed by atoms with Gasteiger partial charge in [-0.05, 0) is 43.5 Å². The fourth-order valence-electron chi connectivity index (χ4n) is 4.59. The molecule has 1 aliphatic heterocycles. The Morgan fingerprint density at radius 3 is 2.50 bits per heavy atom. The maximum absolute atomic E-state index is 12.4. The maximum atomic E-state index is 12.4. The number of nitrogens with one attached hydrogen (secondary N) is 1. The van der Waals surface area contributed by atoms with E-state index < -0.39 is 0 Å². The summed E-state index contributed by atoms with van der Waals surface area (Å²) in [6.45, 7) is 2.91. The number of aromatic amines is 1. The van der Waals surface area contributed by atoms with Gasteiger partial charge >= 0.3 is 0 Å².